The minimum Gasteiger partial charge on any atom is -0.463 e. The molecule has 1 aromatic carbocycles. The molecule has 0 spiro atoms. The smallest absolute Gasteiger partial charge is 0.311 e. The third-order valence-electron chi connectivity index (χ3n) is 3.11. The molecule has 0 atom stereocenters. The monoisotopic (exact) mass is 346 g/mol. The summed E-state index contributed by atoms with van der Waals surface area (Å²) in [5.41, 5.74) is 0.908. The standard InChI is InChI=1S/C17H15ClN2O2S/c1-10(2)22-14(21)9-12-8-13-15(18)19-16(20-17(13)23-12)11-6-4-3-5-7-11/h3-8,10H,9H2,1-2H3. The van der Waals surface area contributed by atoms with Gasteiger partial charge in [0.25, 0.3) is 0 Å². The van der Waals surface area contributed by atoms with Crippen molar-refractivity contribution >= 4 is 39.1 Å². The number of nitrogens with zero attached hydrogens (tertiary/aromatic N) is 2. The van der Waals surface area contributed by atoms with E-state index < -0.39 is 0 Å². The molecule has 2 heterocycles. The highest BCUT2D eigenvalue weighted by Crippen LogP contribution is 2.31. The van der Waals surface area contributed by atoms with Crippen molar-refractivity contribution in [3.8, 4) is 11.4 Å². The average molecular weight is 347 g/mol. The second-order valence-corrected chi connectivity index (χ2v) is 6.82. The Morgan fingerprint density at radius 2 is 2.00 bits per heavy atom. The van der Waals surface area contributed by atoms with Crippen LogP contribution in [0.15, 0.2) is 36.4 Å². The highest BCUT2D eigenvalue weighted by molar-refractivity contribution is 7.18. The van der Waals surface area contributed by atoms with Crippen LogP contribution >= 0.6 is 22.9 Å². The molecule has 0 amide bonds. The molecule has 0 radical (unpaired) electrons. The largest absolute Gasteiger partial charge is 0.463 e. The third kappa shape index (κ3) is 3.68. The van der Waals surface area contributed by atoms with Gasteiger partial charge in [0.1, 0.15) is 9.98 Å². The Morgan fingerprint density at radius 3 is 2.70 bits per heavy atom. The number of carbonyl (C=O) groups excluding carboxylic acids is 1. The molecule has 0 saturated heterocycles. The lowest BCUT2D eigenvalue weighted by molar-refractivity contribution is -0.146. The van der Waals surface area contributed by atoms with Gasteiger partial charge in [0, 0.05) is 15.8 Å². The fraction of sp³-hybridized carbons (Fsp3) is 0.235. The number of halogens is 1. The fourth-order valence-electron chi connectivity index (χ4n) is 2.19. The van der Waals surface area contributed by atoms with Crippen LogP contribution in [-0.2, 0) is 16.0 Å². The quantitative estimate of drug-likeness (QED) is 0.515. The first-order valence-electron chi connectivity index (χ1n) is 7.24. The maximum Gasteiger partial charge on any atom is 0.311 e. The molecule has 0 aliphatic heterocycles. The van der Waals surface area contributed by atoms with E-state index in [1.807, 2.05) is 50.2 Å². The lowest BCUT2D eigenvalue weighted by atomic mass is 10.2. The second kappa shape index (κ2) is 6.64. The molecule has 4 nitrogen and oxygen atoms in total. The Hall–Kier alpha value is -1.98. The summed E-state index contributed by atoms with van der Waals surface area (Å²) < 4.78 is 5.17. The van der Waals surface area contributed by atoms with Crippen LogP contribution in [0.5, 0.6) is 0 Å². The van der Waals surface area contributed by atoms with E-state index in [-0.39, 0.29) is 18.5 Å². The summed E-state index contributed by atoms with van der Waals surface area (Å²) in [5.74, 6) is 0.333. The van der Waals surface area contributed by atoms with E-state index in [0.29, 0.717) is 11.0 Å². The molecule has 0 bridgehead atoms. The number of fused-ring (bicyclic) bond motifs is 1. The molecule has 0 unspecified atom stereocenters. The molecular weight excluding hydrogens is 332 g/mol. The number of carbonyl (C=O) groups is 1. The van der Waals surface area contributed by atoms with E-state index in [1.54, 1.807) is 0 Å². The normalized spacial score (nSPS) is 11.1. The molecule has 23 heavy (non-hydrogen) atoms. The molecule has 0 N–H and O–H groups in total. The summed E-state index contributed by atoms with van der Waals surface area (Å²) in [6, 6.07) is 11.5. The topological polar surface area (TPSA) is 52.1 Å². The van der Waals surface area contributed by atoms with E-state index in [9.17, 15) is 4.79 Å². The predicted octanol–water partition coefficient (Wildman–Crippen LogP) is 4.51. The SMILES string of the molecule is CC(C)OC(=O)Cc1cc2c(Cl)nc(-c3ccccc3)nc2s1. The van der Waals surface area contributed by atoms with E-state index in [4.69, 9.17) is 16.3 Å². The minimum atomic E-state index is -0.251. The van der Waals surface area contributed by atoms with Gasteiger partial charge < -0.3 is 4.74 Å². The number of rotatable bonds is 4. The summed E-state index contributed by atoms with van der Waals surface area (Å²) in [6.07, 6.45) is 0.0980. The number of thiophene rings is 1. The first-order valence-corrected chi connectivity index (χ1v) is 8.43. The number of ether oxygens (including phenoxy) is 1. The van der Waals surface area contributed by atoms with Crippen molar-refractivity contribution < 1.29 is 9.53 Å². The van der Waals surface area contributed by atoms with Crippen molar-refractivity contribution in [1.29, 1.82) is 0 Å². The van der Waals surface area contributed by atoms with Gasteiger partial charge in [-0.15, -0.1) is 11.3 Å². The fourth-order valence-corrected chi connectivity index (χ4v) is 3.48. The van der Waals surface area contributed by atoms with Crippen LogP contribution in [-0.4, -0.2) is 22.0 Å². The van der Waals surface area contributed by atoms with Crippen molar-refractivity contribution in [2.75, 3.05) is 0 Å². The Bertz CT molecular complexity index is 846. The van der Waals surface area contributed by atoms with Crippen molar-refractivity contribution in [2.24, 2.45) is 0 Å². The lowest BCUT2D eigenvalue weighted by Gasteiger charge is -2.06. The maximum atomic E-state index is 11.8. The van der Waals surface area contributed by atoms with E-state index in [1.165, 1.54) is 11.3 Å². The van der Waals surface area contributed by atoms with Crippen LogP contribution in [0.1, 0.15) is 18.7 Å². The minimum absolute atomic E-state index is 0.120. The van der Waals surface area contributed by atoms with Gasteiger partial charge in [0.15, 0.2) is 5.82 Å². The summed E-state index contributed by atoms with van der Waals surface area (Å²) in [4.78, 5) is 22.4. The van der Waals surface area contributed by atoms with Crippen LogP contribution in [0.25, 0.3) is 21.6 Å². The zero-order valence-electron chi connectivity index (χ0n) is 12.7. The highest BCUT2D eigenvalue weighted by Gasteiger charge is 2.14. The van der Waals surface area contributed by atoms with E-state index in [0.717, 1.165) is 20.7 Å². The number of hydrogen-bond donors (Lipinski definition) is 0. The van der Waals surface area contributed by atoms with Gasteiger partial charge in [-0.25, -0.2) is 9.97 Å². The molecule has 2 aromatic heterocycles. The number of hydrogen-bond acceptors (Lipinski definition) is 5. The highest BCUT2D eigenvalue weighted by atomic mass is 35.5. The Morgan fingerprint density at radius 1 is 1.26 bits per heavy atom. The first kappa shape index (κ1) is 15.9. The number of esters is 1. The summed E-state index contributed by atoms with van der Waals surface area (Å²) >= 11 is 7.72. The van der Waals surface area contributed by atoms with Gasteiger partial charge in [-0.1, -0.05) is 41.9 Å². The van der Waals surface area contributed by atoms with Crippen molar-refractivity contribution in [3.63, 3.8) is 0 Å². The first-order chi connectivity index (χ1) is 11.0. The van der Waals surface area contributed by atoms with Crippen LogP contribution in [0.4, 0.5) is 0 Å². The zero-order chi connectivity index (χ0) is 16.4. The summed E-state index contributed by atoms with van der Waals surface area (Å²) in [5, 5.41) is 1.16. The molecule has 0 saturated carbocycles. The maximum absolute atomic E-state index is 11.8. The van der Waals surface area contributed by atoms with Crippen LogP contribution < -0.4 is 0 Å². The molecule has 0 aliphatic rings. The molecule has 0 aliphatic carbocycles. The lowest BCUT2D eigenvalue weighted by Crippen LogP contribution is -2.12. The molecule has 118 valence electrons. The van der Waals surface area contributed by atoms with Crippen molar-refractivity contribution in [2.45, 2.75) is 26.4 Å². The number of benzene rings is 1. The van der Waals surface area contributed by atoms with Gasteiger partial charge in [-0.05, 0) is 19.9 Å². The third-order valence-corrected chi connectivity index (χ3v) is 4.43. The van der Waals surface area contributed by atoms with E-state index >= 15 is 0 Å². The summed E-state index contributed by atoms with van der Waals surface area (Å²) in [6.45, 7) is 3.66. The summed E-state index contributed by atoms with van der Waals surface area (Å²) in [7, 11) is 0. The van der Waals surface area contributed by atoms with Crippen LogP contribution in [0.2, 0.25) is 5.15 Å². The van der Waals surface area contributed by atoms with Crippen LogP contribution in [0, 0.1) is 0 Å². The van der Waals surface area contributed by atoms with Gasteiger partial charge in [0.05, 0.1) is 12.5 Å². The Balaban J connectivity index is 1.94. The van der Waals surface area contributed by atoms with Gasteiger partial charge in [0.2, 0.25) is 0 Å². The Labute approximate surface area is 143 Å². The molecule has 0 fully saturated rings. The van der Waals surface area contributed by atoms with E-state index in [2.05, 4.69) is 9.97 Å². The zero-order valence-corrected chi connectivity index (χ0v) is 14.3. The van der Waals surface area contributed by atoms with Crippen molar-refractivity contribution in [3.05, 3.63) is 46.4 Å². The average Bonchev–Trinajstić information content (AvgIpc) is 2.90. The van der Waals surface area contributed by atoms with Gasteiger partial charge >= 0.3 is 5.97 Å². The van der Waals surface area contributed by atoms with Gasteiger partial charge in [-0.2, -0.15) is 0 Å². The predicted molar refractivity (Wildman–Crippen MR) is 92.8 cm³/mol. The molecule has 6 heteroatoms. The van der Waals surface area contributed by atoms with Crippen LogP contribution in [0.3, 0.4) is 0 Å². The van der Waals surface area contributed by atoms with Gasteiger partial charge in [-0.3, -0.25) is 4.79 Å². The molecular formula is C17H15ClN2O2S. The molecule has 3 aromatic rings. The second-order valence-electron chi connectivity index (χ2n) is 5.35. The van der Waals surface area contributed by atoms with Crippen molar-refractivity contribution in [1.82, 2.24) is 9.97 Å². The Kier molecular flexibility index (Phi) is 4.59. The number of aromatic nitrogens is 2. The molecule has 3 rings (SSSR count).